The summed E-state index contributed by atoms with van der Waals surface area (Å²) in [6.45, 7) is 0. The van der Waals surface area contributed by atoms with Crippen molar-refractivity contribution in [3.05, 3.63) is 0 Å². The SMILES string of the molecule is [Ba+2].[Cl-].[Cl-].[Cl][Co][Cl]. The van der Waals surface area contributed by atoms with Gasteiger partial charge in [0.1, 0.15) is 0 Å². The topological polar surface area (TPSA) is 0 Å². The maximum absolute atomic E-state index is 4.73. The van der Waals surface area contributed by atoms with E-state index in [1.54, 1.807) is 0 Å². The fourth-order valence-corrected chi connectivity index (χ4v) is 0. The van der Waals surface area contributed by atoms with Gasteiger partial charge >= 0.3 is 82.1 Å². The molecule has 0 aromatic heterocycles. The van der Waals surface area contributed by atoms with Crippen molar-refractivity contribution in [2.75, 3.05) is 0 Å². The summed E-state index contributed by atoms with van der Waals surface area (Å²) in [5, 5.41) is 0. The first-order valence-corrected chi connectivity index (χ1v) is 3.12. The molecule has 0 saturated heterocycles. The van der Waals surface area contributed by atoms with Crippen molar-refractivity contribution in [2.24, 2.45) is 0 Å². The third-order valence-corrected chi connectivity index (χ3v) is 0. The summed E-state index contributed by atoms with van der Waals surface area (Å²) in [6, 6.07) is 0. The van der Waals surface area contributed by atoms with Crippen molar-refractivity contribution in [3.8, 4) is 0 Å². The molecule has 0 spiro atoms. The van der Waals surface area contributed by atoms with Gasteiger partial charge in [-0.1, -0.05) is 0 Å². The van der Waals surface area contributed by atoms with E-state index in [0.717, 1.165) is 0 Å². The first-order valence-electron chi connectivity index (χ1n) is 0.252. The molecule has 0 aliphatic heterocycles. The molecule has 0 N–H and O–H groups in total. The normalized spacial score (nSPS) is 3.67. The van der Waals surface area contributed by atoms with Crippen molar-refractivity contribution < 1.29 is 37.7 Å². The Bertz CT molecular complexity index is 7.51. The number of hydrogen-bond acceptors (Lipinski definition) is 0. The fourth-order valence-electron chi connectivity index (χ4n) is 0. The minimum absolute atomic E-state index is 0. The molecule has 0 radical (unpaired) electrons. The Morgan fingerprint density at radius 2 is 1.00 bits per heavy atom. The van der Waals surface area contributed by atoms with Gasteiger partial charge in [0.05, 0.1) is 0 Å². The maximum atomic E-state index is 4.73. The van der Waals surface area contributed by atoms with E-state index in [2.05, 4.69) is 0 Å². The van der Waals surface area contributed by atoms with Crippen LogP contribution in [0.1, 0.15) is 0 Å². The zero-order chi connectivity index (χ0) is 2.71. The molecule has 0 saturated carbocycles. The van der Waals surface area contributed by atoms with Crippen molar-refractivity contribution >= 4 is 69.2 Å². The first-order chi connectivity index (χ1) is 1.41. The Labute approximate surface area is 104 Å². The Morgan fingerprint density at radius 3 is 1.00 bits per heavy atom. The molecule has 0 atom stereocenters. The standard InChI is InChI=1S/Ba.4ClH.Co/h;4*1H;/q+2;;;;;+2/p-4. The van der Waals surface area contributed by atoms with Gasteiger partial charge in [-0.2, -0.15) is 0 Å². The van der Waals surface area contributed by atoms with Crippen LogP contribution in [0, 0.1) is 0 Å². The third kappa shape index (κ3) is 26.9. The van der Waals surface area contributed by atoms with Gasteiger partial charge in [0, 0.05) is 0 Å². The quantitative estimate of drug-likeness (QED) is 0.388. The van der Waals surface area contributed by atoms with Crippen LogP contribution in [-0.4, -0.2) is 48.9 Å². The van der Waals surface area contributed by atoms with Gasteiger partial charge in [0.2, 0.25) is 0 Å². The molecular weight excluding hydrogens is 338 g/mol. The Kier molecular flexibility index (Phi) is 91.5. The average Bonchev–Trinajstić information content (AvgIpc) is 0.918. The Hall–Kier alpha value is 3.24. The average molecular weight is 338 g/mol. The molecule has 0 aliphatic rings. The molecule has 0 fully saturated rings. The molecular formula is BaCl4Co. The van der Waals surface area contributed by atoms with Crippen LogP contribution >= 0.6 is 20.3 Å². The van der Waals surface area contributed by atoms with Gasteiger partial charge in [-0.25, -0.2) is 0 Å². The van der Waals surface area contributed by atoms with Crippen LogP contribution in [0.2, 0.25) is 0 Å². The van der Waals surface area contributed by atoms with Crippen molar-refractivity contribution in [2.45, 2.75) is 0 Å². The monoisotopic (exact) mass is 337 g/mol. The molecule has 0 rings (SSSR count). The second-order valence-electron chi connectivity index (χ2n) is 0.0476. The summed E-state index contributed by atoms with van der Waals surface area (Å²) in [7, 11) is 9.47. The number of hydrogen-bond donors (Lipinski definition) is 0. The van der Waals surface area contributed by atoms with Crippen LogP contribution in [0.15, 0.2) is 0 Å². The second kappa shape index (κ2) is 24.0. The van der Waals surface area contributed by atoms with E-state index < -0.39 is 0 Å². The number of rotatable bonds is 0. The van der Waals surface area contributed by atoms with Crippen LogP contribution in [0.25, 0.3) is 0 Å². The van der Waals surface area contributed by atoms with E-state index in [0.29, 0.717) is 12.9 Å². The van der Waals surface area contributed by atoms with Crippen molar-refractivity contribution in [1.82, 2.24) is 0 Å². The molecule has 0 unspecified atom stereocenters. The van der Waals surface area contributed by atoms with E-state index in [1.807, 2.05) is 0 Å². The number of halogens is 4. The van der Waals surface area contributed by atoms with E-state index >= 15 is 0 Å². The van der Waals surface area contributed by atoms with Gasteiger partial charge in [-0.3, -0.25) is 0 Å². The zero-order valence-electron chi connectivity index (χ0n) is 2.55. The van der Waals surface area contributed by atoms with Crippen LogP contribution in [0.4, 0.5) is 0 Å². The van der Waals surface area contributed by atoms with Gasteiger partial charge < -0.3 is 24.8 Å². The van der Waals surface area contributed by atoms with Crippen LogP contribution in [0.5, 0.6) is 0 Å². The predicted molar refractivity (Wildman–Crippen MR) is 17.5 cm³/mol. The zero-order valence-corrected chi connectivity index (χ0v) is 11.1. The Balaban J connectivity index is -0.00000000667. The van der Waals surface area contributed by atoms with Gasteiger partial charge in [-0.15, -0.1) is 0 Å². The summed E-state index contributed by atoms with van der Waals surface area (Å²) in [5.74, 6) is 0. The molecule has 0 aromatic carbocycles. The Morgan fingerprint density at radius 1 is 1.00 bits per heavy atom. The molecule has 6 heavy (non-hydrogen) atoms. The minimum atomic E-state index is 0. The van der Waals surface area contributed by atoms with Crippen LogP contribution in [-0.2, 0) is 12.9 Å². The molecule has 0 aromatic rings. The van der Waals surface area contributed by atoms with E-state index in [4.69, 9.17) is 20.3 Å². The van der Waals surface area contributed by atoms with E-state index in [9.17, 15) is 0 Å². The fraction of sp³-hybridized carbons (Fsp3) is 0. The predicted octanol–water partition coefficient (Wildman–Crippen LogP) is -5.00. The summed E-state index contributed by atoms with van der Waals surface area (Å²) >= 11 is 0.382. The van der Waals surface area contributed by atoms with Gasteiger partial charge in [0.25, 0.3) is 0 Å². The molecule has 6 heteroatoms. The van der Waals surface area contributed by atoms with Gasteiger partial charge in [0.15, 0.2) is 0 Å². The van der Waals surface area contributed by atoms with Crippen molar-refractivity contribution in [3.63, 3.8) is 0 Å². The van der Waals surface area contributed by atoms with Gasteiger partial charge in [-0.05, 0) is 0 Å². The molecule has 0 nitrogen and oxygen atoms in total. The summed E-state index contributed by atoms with van der Waals surface area (Å²) in [4.78, 5) is 0. The first kappa shape index (κ1) is 22.9. The second-order valence-corrected chi connectivity index (χ2v) is 1.77. The summed E-state index contributed by atoms with van der Waals surface area (Å²) in [6.07, 6.45) is 0. The molecule has 0 bridgehead atoms. The van der Waals surface area contributed by atoms with E-state index in [-0.39, 0.29) is 73.7 Å². The van der Waals surface area contributed by atoms with Crippen LogP contribution in [0.3, 0.4) is 0 Å². The summed E-state index contributed by atoms with van der Waals surface area (Å²) in [5.41, 5.74) is 0. The molecule has 39 valence electrons. The third-order valence-electron chi connectivity index (χ3n) is 0. The van der Waals surface area contributed by atoms with Crippen molar-refractivity contribution in [1.29, 1.82) is 0 Å². The summed E-state index contributed by atoms with van der Waals surface area (Å²) < 4.78 is 0. The molecule has 0 aliphatic carbocycles. The molecule has 0 amide bonds. The van der Waals surface area contributed by atoms with E-state index in [1.165, 1.54) is 0 Å². The molecule has 0 heterocycles. The van der Waals surface area contributed by atoms with Crippen LogP contribution < -0.4 is 24.8 Å².